The molecular weight excluding hydrogens is 671 g/mol. The molecular formula is C51H31N3O. The maximum absolute atomic E-state index is 6.38. The van der Waals surface area contributed by atoms with E-state index in [0.717, 1.165) is 60.7 Å². The molecule has 0 unspecified atom stereocenters. The molecule has 0 radical (unpaired) electrons. The van der Waals surface area contributed by atoms with Gasteiger partial charge in [-0.3, -0.25) is 0 Å². The predicted octanol–water partition coefficient (Wildman–Crippen LogP) is 13.6. The van der Waals surface area contributed by atoms with Crippen LogP contribution in [0.15, 0.2) is 192 Å². The lowest BCUT2D eigenvalue weighted by Crippen LogP contribution is -2.00. The average molecular weight is 702 g/mol. The Kier molecular flexibility index (Phi) is 7.14. The van der Waals surface area contributed by atoms with Gasteiger partial charge in [0.25, 0.3) is 0 Å². The quantitative estimate of drug-likeness (QED) is 0.168. The van der Waals surface area contributed by atoms with Crippen molar-refractivity contribution in [3.63, 3.8) is 0 Å². The van der Waals surface area contributed by atoms with E-state index >= 15 is 0 Å². The zero-order chi connectivity index (χ0) is 36.3. The van der Waals surface area contributed by atoms with E-state index in [1.54, 1.807) is 0 Å². The van der Waals surface area contributed by atoms with Crippen molar-refractivity contribution < 1.29 is 4.42 Å². The van der Waals surface area contributed by atoms with E-state index in [9.17, 15) is 0 Å². The number of hydrogen-bond acceptors (Lipinski definition) is 4. The van der Waals surface area contributed by atoms with Gasteiger partial charge >= 0.3 is 0 Å². The van der Waals surface area contributed by atoms with E-state index in [2.05, 4.69) is 176 Å². The Hall–Kier alpha value is -7.43. The van der Waals surface area contributed by atoms with E-state index in [-0.39, 0.29) is 0 Å². The van der Waals surface area contributed by atoms with Gasteiger partial charge in [-0.2, -0.15) is 0 Å². The topological polar surface area (TPSA) is 51.8 Å². The molecule has 0 saturated heterocycles. The van der Waals surface area contributed by atoms with E-state index < -0.39 is 0 Å². The van der Waals surface area contributed by atoms with E-state index in [1.165, 1.54) is 32.5 Å². The van der Waals surface area contributed by atoms with Crippen molar-refractivity contribution in [1.82, 2.24) is 15.0 Å². The third-order valence-electron chi connectivity index (χ3n) is 10.7. The first kappa shape index (κ1) is 31.1. The number of benzene rings is 9. The van der Waals surface area contributed by atoms with Gasteiger partial charge in [-0.15, -0.1) is 0 Å². The summed E-state index contributed by atoms with van der Waals surface area (Å²) in [5, 5.41) is 9.39. The minimum absolute atomic E-state index is 0.621. The van der Waals surface area contributed by atoms with E-state index in [0.29, 0.717) is 17.5 Å². The van der Waals surface area contributed by atoms with Gasteiger partial charge in [-0.1, -0.05) is 164 Å². The van der Waals surface area contributed by atoms with E-state index in [1.807, 2.05) is 12.1 Å². The van der Waals surface area contributed by atoms with Crippen LogP contribution in [0.1, 0.15) is 0 Å². The van der Waals surface area contributed by atoms with Crippen LogP contribution in [0, 0.1) is 0 Å². The molecule has 0 fully saturated rings. The molecule has 11 rings (SSSR count). The zero-order valence-corrected chi connectivity index (χ0v) is 29.6. The number of fused-ring (bicyclic) bond motifs is 7. The Labute approximate surface area is 317 Å². The second kappa shape index (κ2) is 12.6. The van der Waals surface area contributed by atoms with Gasteiger partial charge in [-0.05, 0) is 78.8 Å². The van der Waals surface area contributed by atoms with Crippen molar-refractivity contribution in [3.05, 3.63) is 188 Å². The molecule has 9 aromatic carbocycles. The highest BCUT2D eigenvalue weighted by molar-refractivity contribution is 6.15. The molecule has 0 bridgehead atoms. The molecule has 0 atom stereocenters. The Morgan fingerprint density at radius 3 is 1.58 bits per heavy atom. The monoisotopic (exact) mass is 701 g/mol. The first-order chi connectivity index (χ1) is 27.2. The Morgan fingerprint density at radius 2 is 0.836 bits per heavy atom. The van der Waals surface area contributed by atoms with Crippen LogP contribution in [0.25, 0.3) is 111 Å². The fourth-order valence-electron chi connectivity index (χ4n) is 7.91. The van der Waals surface area contributed by atoms with E-state index in [4.69, 9.17) is 19.4 Å². The summed E-state index contributed by atoms with van der Waals surface area (Å²) in [6.45, 7) is 0. The van der Waals surface area contributed by atoms with Crippen LogP contribution in [-0.4, -0.2) is 15.0 Å². The molecule has 4 heteroatoms. The van der Waals surface area contributed by atoms with Gasteiger partial charge in [0, 0.05) is 27.5 Å². The first-order valence-corrected chi connectivity index (χ1v) is 18.5. The van der Waals surface area contributed by atoms with Crippen LogP contribution in [-0.2, 0) is 0 Å². The highest BCUT2D eigenvalue weighted by Gasteiger charge is 2.16. The van der Waals surface area contributed by atoms with Gasteiger partial charge in [0.1, 0.15) is 11.2 Å². The van der Waals surface area contributed by atoms with Crippen LogP contribution < -0.4 is 0 Å². The van der Waals surface area contributed by atoms with Gasteiger partial charge < -0.3 is 4.42 Å². The summed E-state index contributed by atoms with van der Waals surface area (Å²) >= 11 is 0. The molecule has 2 heterocycles. The van der Waals surface area contributed by atoms with Crippen molar-refractivity contribution in [3.8, 4) is 56.4 Å². The highest BCUT2D eigenvalue weighted by Crippen LogP contribution is 2.39. The first-order valence-electron chi connectivity index (χ1n) is 18.5. The molecule has 0 aliphatic carbocycles. The molecule has 0 spiro atoms. The summed E-state index contributed by atoms with van der Waals surface area (Å²) in [6.07, 6.45) is 0. The van der Waals surface area contributed by atoms with Crippen LogP contribution in [0.5, 0.6) is 0 Å². The highest BCUT2D eigenvalue weighted by atomic mass is 16.3. The lowest BCUT2D eigenvalue weighted by atomic mass is 9.97. The largest absolute Gasteiger partial charge is 0.456 e. The normalized spacial score (nSPS) is 11.6. The minimum atomic E-state index is 0.621. The lowest BCUT2D eigenvalue weighted by Gasteiger charge is -2.11. The van der Waals surface area contributed by atoms with Crippen molar-refractivity contribution >= 4 is 54.3 Å². The third kappa shape index (κ3) is 5.43. The second-order valence-electron chi connectivity index (χ2n) is 14.0. The van der Waals surface area contributed by atoms with Crippen LogP contribution in [0.2, 0.25) is 0 Å². The number of nitrogens with zero attached hydrogens (tertiary/aromatic N) is 3. The van der Waals surface area contributed by atoms with Gasteiger partial charge in [0.05, 0.1) is 0 Å². The molecule has 256 valence electrons. The number of aromatic nitrogens is 3. The van der Waals surface area contributed by atoms with Gasteiger partial charge in [0.2, 0.25) is 0 Å². The van der Waals surface area contributed by atoms with Gasteiger partial charge in [0.15, 0.2) is 17.5 Å². The summed E-state index contributed by atoms with van der Waals surface area (Å²) < 4.78 is 6.38. The molecule has 0 saturated carbocycles. The molecule has 0 N–H and O–H groups in total. The summed E-state index contributed by atoms with van der Waals surface area (Å²) in [6, 6.07) is 65.8. The number of hydrogen-bond donors (Lipinski definition) is 0. The van der Waals surface area contributed by atoms with Gasteiger partial charge in [-0.25, -0.2) is 15.0 Å². The maximum atomic E-state index is 6.38. The summed E-state index contributed by atoms with van der Waals surface area (Å²) in [5.74, 6) is 1.88. The zero-order valence-electron chi connectivity index (χ0n) is 29.6. The number of furan rings is 1. The van der Waals surface area contributed by atoms with Crippen LogP contribution in [0.3, 0.4) is 0 Å². The maximum Gasteiger partial charge on any atom is 0.164 e. The molecule has 55 heavy (non-hydrogen) atoms. The minimum Gasteiger partial charge on any atom is -0.456 e. The Morgan fingerprint density at radius 1 is 0.291 bits per heavy atom. The SMILES string of the molecule is c1ccc(-c2ccc(-c3nc(-c4ccc(-c5cccc6oc7cc8ccccc8cc7c56)cc4)nc(-c4ccc5c(ccc6ccccc65)c4)n3)cc2)cc1. The Balaban J connectivity index is 1.03. The average Bonchev–Trinajstić information content (AvgIpc) is 3.63. The lowest BCUT2D eigenvalue weighted by molar-refractivity contribution is 0.669. The van der Waals surface area contributed by atoms with Crippen molar-refractivity contribution in [2.45, 2.75) is 0 Å². The second-order valence-corrected chi connectivity index (χ2v) is 14.0. The summed E-state index contributed by atoms with van der Waals surface area (Å²) in [5.41, 5.74) is 9.08. The van der Waals surface area contributed by atoms with Crippen molar-refractivity contribution in [2.24, 2.45) is 0 Å². The molecule has 0 aliphatic heterocycles. The van der Waals surface area contributed by atoms with Crippen LogP contribution in [0.4, 0.5) is 0 Å². The number of rotatable bonds is 5. The fraction of sp³-hybridized carbons (Fsp3) is 0. The van der Waals surface area contributed by atoms with Crippen molar-refractivity contribution in [2.75, 3.05) is 0 Å². The summed E-state index contributed by atoms with van der Waals surface area (Å²) in [4.78, 5) is 15.3. The molecule has 4 nitrogen and oxygen atoms in total. The Bertz CT molecular complexity index is 3240. The molecule has 0 aliphatic rings. The molecule has 11 aromatic rings. The summed E-state index contributed by atoms with van der Waals surface area (Å²) in [7, 11) is 0. The van der Waals surface area contributed by atoms with Crippen LogP contribution >= 0.6 is 0 Å². The smallest absolute Gasteiger partial charge is 0.164 e. The molecule has 2 aromatic heterocycles. The van der Waals surface area contributed by atoms with Crippen molar-refractivity contribution in [1.29, 1.82) is 0 Å². The standard InChI is InChI=1S/C51H31N3O/c1-2-9-32(10-3-1)33-17-22-36(23-18-33)49-52-50(54-51(53-49)41-27-28-43-40(29-41)26-21-34-11-6-7-14-42(34)43)37-24-19-35(20-25-37)44-15-8-16-46-48(44)45-30-38-12-4-5-13-39(38)31-47(45)55-46/h1-31H. The molecule has 0 amide bonds. The third-order valence-corrected chi connectivity index (χ3v) is 10.7. The fourth-order valence-corrected chi connectivity index (χ4v) is 7.91. The predicted molar refractivity (Wildman–Crippen MR) is 227 cm³/mol.